The summed E-state index contributed by atoms with van der Waals surface area (Å²) in [5, 5.41) is 8.42. The van der Waals surface area contributed by atoms with Crippen molar-refractivity contribution in [2.24, 2.45) is 0 Å². The normalized spacial score (nSPS) is 10.7. The molecule has 1 aromatic heterocycles. The van der Waals surface area contributed by atoms with Crippen molar-refractivity contribution in [1.82, 2.24) is 4.98 Å². The highest BCUT2D eigenvalue weighted by molar-refractivity contribution is 7.92. The number of aromatic nitrogens is 1. The van der Waals surface area contributed by atoms with Crippen molar-refractivity contribution in [3.05, 3.63) is 88.3 Å². The Morgan fingerprint density at radius 1 is 1.07 bits per heavy atom. The van der Waals surface area contributed by atoms with Crippen molar-refractivity contribution in [2.75, 3.05) is 4.72 Å². The van der Waals surface area contributed by atoms with Gasteiger partial charge < -0.3 is 0 Å². The summed E-state index contributed by atoms with van der Waals surface area (Å²) in [6.07, 6.45) is 1.31. The highest BCUT2D eigenvalue weighted by Crippen LogP contribution is 2.28. The summed E-state index contributed by atoms with van der Waals surface area (Å²) < 4.78 is 41.8. The highest BCUT2D eigenvalue weighted by Gasteiger charge is 2.22. The van der Waals surface area contributed by atoms with Gasteiger partial charge in [0.05, 0.1) is 21.2 Å². The predicted molar refractivity (Wildman–Crippen MR) is 115 cm³/mol. The number of halogens is 2. The highest BCUT2D eigenvalue weighted by atomic mass is 35.5. The molecule has 2 aromatic carbocycles. The van der Waals surface area contributed by atoms with Crippen LogP contribution in [0.1, 0.15) is 30.5 Å². The predicted octanol–water partition coefficient (Wildman–Crippen LogP) is 5.43. The minimum atomic E-state index is -3.96. The summed E-state index contributed by atoms with van der Waals surface area (Å²) in [5.74, 6) is -0.758. The smallest absolute Gasteiger partial charge is 0.263 e. The van der Waals surface area contributed by atoms with E-state index >= 15 is 0 Å². The molecule has 5 nitrogen and oxygen atoms in total. The molecular weight excluding hydrogens is 413 g/mol. The lowest BCUT2D eigenvalue weighted by atomic mass is 10.0. The first-order chi connectivity index (χ1) is 13.8. The Balaban J connectivity index is 0.00000145. The number of nitrogens with zero attached hydrogens (tertiary/aromatic N) is 1. The summed E-state index contributed by atoms with van der Waals surface area (Å²) in [7, 11) is -3.96. The van der Waals surface area contributed by atoms with Crippen molar-refractivity contribution in [1.29, 1.82) is 5.41 Å². The molecule has 0 unspecified atom stereocenters. The van der Waals surface area contributed by atoms with Gasteiger partial charge in [-0.25, -0.2) is 17.8 Å². The van der Waals surface area contributed by atoms with Crippen LogP contribution in [0.4, 0.5) is 10.2 Å². The third-order valence-corrected chi connectivity index (χ3v) is 5.53. The summed E-state index contributed by atoms with van der Waals surface area (Å²) in [6, 6.07) is 13.4. The third-order valence-electron chi connectivity index (χ3n) is 3.86. The van der Waals surface area contributed by atoms with E-state index < -0.39 is 15.8 Å². The minimum absolute atomic E-state index is 0.0000432. The average molecular weight is 434 g/mol. The quantitative estimate of drug-likeness (QED) is 0.526. The van der Waals surface area contributed by atoms with Crippen molar-refractivity contribution in [3.63, 3.8) is 0 Å². The van der Waals surface area contributed by atoms with Crippen LogP contribution in [0, 0.1) is 18.2 Å². The number of nitrogens with one attached hydrogen (secondary N) is 2. The van der Waals surface area contributed by atoms with Crippen LogP contribution in [0.5, 0.6) is 0 Å². The van der Waals surface area contributed by atoms with E-state index in [1.807, 2.05) is 20.8 Å². The summed E-state index contributed by atoms with van der Waals surface area (Å²) in [4.78, 5) is 4.05. The molecule has 152 valence electrons. The monoisotopic (exact) mass is 433 g/mol. The second kappa shape index (κ2) is 9.62. The molecule has 3 aromatic rings. The molecule has 8 heteroatoms. The van der Waals surface area contributed by atoms with Gasteiger partial charge in [0.2, 0.25) is 0 Å². The lowest BCUT2D eigenvalue weighted by Gasteiger charge is -2.14. The molecule has 29 heavy (non-hydrogen) atoms. The van der Waals surface area contributed by atoms with Gasteiger partial charge in [-0.15, -0.1) is 0 Å². The number of pyridine rings is 1. The van der Waals surface area contributed by atoms with E-state index in [1.54, 1.807) is 18.2 Å². The Morgan fingerprint density at radius 3 is 2.31 bits per heavy atom. The summed E-state index contributed by atoms with van der Waals surface area (Å²) >= 11 is 6.18. The topological polar surface area (TPSA) is 82.9 Å². The van der Waals surface area contributed by atoms with Crippen molar-refractivity contribution in [3.8, 4) is 0 Å². The van der Waals surface area contributed by atoms with Crippen LogP contribution in [0.25, 0.3) is 0 Å². The van der Waals surface area contributed by atoms with E-state index in [1.165, 1.54) is 42.6 Å². The number of rotatable bonds is 5. The number of anilines is 1. The second-order valence-corrected chi connectivity index (χ2v) is 7.88. The van der Waals surface area contributed by atoms with Gasteiger partial charge in [0.15, 0.2) is 5.82 Å². The molecule has 1 heterocycles. The molecule has 0 fully saturated rings. The first kappa shape index (κ1) is 22.5. The maximum Gasteiger partial charge on any atom is 0.263 e. The first-order valence-electron chi connectivity index (χ1n) is 8.87. The molecule has 0 radical (unpaired) electrons. The Bertz CT molecular complexity index is 1120. The van der Waals surface area contributed by atoms with Crippen LogP contribution in [0.2, 0.25) is 5.02 Å². The van der Waals surface area contributed by atoms with Crippen LogP contribution < -0.4 is 4.72 Å². The number of sulfonamides is 1. The molecule has 3 rings (SSSR count). The average Bonchev–Trinajstić information content (AvgIpc) is 2.70. The molecule has 2 N–H and O–H groups in total. The van der Waals surface area contributed by atoms with Gasteiger partial charge in [-0.1, -0.05) is 55.3 Å². The summed E-state index contributed by atoms with van der Waals surface area (Å²) in [6.45, 7) is 5.84. The van der Waals surface area contributed by atoms with E-state index in [4.69, 9.17) is 17.0 Å². The largest absolute Gasteiger partial charge is 0.299 e. The lowest BCUT2D eigenvalue weighted by Crippen LogP contribution is -2.18. The second-order valence-electron chi connectivity index (χ2n) is 5.79. The van der Waals surface area contributed by atoms with Gasteiger partial charge in [-0.05, 0) is 37.3 Å². The van der Waals surface area contributed by atoms with E-state index in [2.05, 4.69) is 9.71 Å². The summed E-state index contributed by atoms with van der Waals surface area (Å²) in [5.41, 5.74) is 0.632. The molecule has 0 aliphatic carbocycles. The molecule has 0 atom stereocenters. The van der Waals surface area contributed by atoms with Crippen molar-refractivity contribution in [2.45, 2.75) is 25.7 Å². The molecule has 0 aliphatic heterocycles. The van der Waals surface area contributed by atoms with Crippen molar-refractivity contribution < 1.29 is 12.8 Å². The number of aryl methyl sites for hydroxylation is 1. The number of benzene rings is 2. The molecule has 0 bridgehead atoms. The van der Waals surface area contributed by atoms with Crippen LogP contribution in [0.3, 0.4) is 0 Å². The SMILES string of the molecule is CC.Cc1ccc(S(=O)(=O)Nc2nccc(Cl)c2C(=N)c2ccccc2F)cc1. The van der Waals surface area contributed by atoms with E-state index in [-0.39, 0.29) is 32.6 Å². The van der Waals surface area contributed by atoms with Gasteiger partial charge >= 0.3 is 0 Å². The molecule has 0 spiro atoms. The van der Waals surface area contributed by atoms with E-state index in [0.29, 0.717) is 0 Å². The van der Waals surface area contributed by atoms with Gasteiger partial charge in [-0.3, -0.25) is 10.1 Å². The minimum Gasteiger partial charge on any atom is -0.299 e. The fourth-order valence-corrected chi connectivity index (χ4v) is 3.72. The fraction of sp³-hybridized carbons (Fsp3) is 0.143. The van der Waals surface area contributed by atoms with Crippen LogP contribution in [0.15, 0.2) is 65.7 Å². The third kappa shape index (κ3) is 5.19. The number of hydrogen-bond acceptors (Lipinski definition) is 4. The van der Waals surface area contributed by atoms with Crippen LogP contribution in [-0.2, 0) is 10.0 Å². The lowest BCUT2D eigenvalue weighted by molar-refractivity contribution is 0.601. The Hall–Kier alpha value is -2.77. The van der Waals surface area contributed by atoms with Gasteiger partial charge in [-0.2, -0.15) is 0 Å². The zero-order chi connectivity index (χ0) is 21.6. The van der Waals surface area contributed by atoms with Crippen LogP contribution >= 0.6 is 11.6 Å². The maximum absolute atomic E-state index is 14.1. The molecule has 0 saturated carbocycles. The van der Waals surface area contributed by atoms with Gasteiger partial charge in [0, 0.05) is 11.8 Å². The van der Waals surface area contributed by atoms with Crippen LogP contribution in [-0.4, -0.2) is 19.1 Å². The van der Waals surface area contributed by atoms with E-state index in [0.717, 1.165) is 5.56 Å². The first-order valence-corrected chi connectivity index (χ1v) is 10.7. The molecular formula is C21H21ClFN3O2S. The fourth-order valence-electron chi connectivity index (χ4n) is 2.46. The standard InChI is InChI=1S/C19H15ClFN3O2S.C2H6/c1-12-6-8-13(9-7-12)27(25,26)24-19-17(15(20)10-11-23-19)18(22)14-4-2-3-5-16(14)21;1-2/h2-11,22H,1H3,(H,23,24);1-2H3. The zero-order valence-electron chi connectivity index (χ0n) is 16.2. The molecule has 0 amide bonds. The van der Waals surface area contributed by atoms with Crippen molar-refractivity contribution >= 4 is 33.2 Å². The van der Waals surface area contributed by atoms with Gasteiger partial charge in [0.25, 0.3) is 10.0 Å². The van der Waals surface area contributed by atoms with E-state index in [9.17, 15) is 12.8 Å². The molecule has 0 saturated heterocycles. The Labute approximate surface area is 175 Å². The van der Waals surface area contributed by atoms with Gasteiger partial charge in [0.1, 0.15) is 5.82 Å². The Kier molecular flexibility index (Phi) is 7.47. The number of hydrogen-bond donors (Lipinski definition) is 2. The maximum atomic E-state index is 14.1. The zero-order valence-corrected chi connectivity index (χ0v) is 17.8. The molecule has 0 aliphatic rings. The Morgan fingerprint density at radius 2 is 1.69 bits per heavy atom.